The first-order valence-electron chi connectivity index (χ1n) is 8.53. The number of benzene rings is 2. The number of nitrogens with zero attached hydrogens (tertiary/aromatic N) is 2. The van der Waals surface area contributed by atoms with Crippen molar-refractivity contribution in [1.29, 1.82) is 0 Å². The standard InChI is InChI=1S/C20H27ClN4O/c1-22-20(23-13-16-7-5-6-8-19(16)26-4)24-14-18(25(2)3)15-9-11-17(21)12-10-15/h5-12,18H,13-14H2,1-4H3,(H2,22,23,24). The smallest absolute Gasteiger partial charge is 0.191 e. The average Bonchev–Trinajstić information content (AvgIpc) is 2.65. The largest absolute Gasteiger partial charge is 0.496 e. The van der Waals surface area contributed by atoms with E-state index in [1.807, 2.05) is 36.4 Å². The molecule has 1 unspecified atom stereocenters. The molecule has 26 heavy (non-hydrogen) atoms. The molecule has 6 heteroatoms. The van der Waals surface area contributed by atoms with E-state index in [9.17, 15) is 0 Å². The van der Waals surface area contributed by atoms with Crippen molar-refractivity contribution in [3.8, 4) is 5.75 Å². The molecule has 0 heterocycles. The highest BCUT2D eigenvalue weighted by Gasteiger charge is 2.14. The van der Waals surface area contributed by atoms with Gasteiger partial charge in [0, 0.05) is 30.7 Å². The number of likely N-dealkylation sites (N-methyl/N-ethyl adjacent to an activating group) is 1. The number of hydrogen-bond acceptors (Lipinski definition) is 3. The summed E-state index contributed by atoms with van der Waals surface area (Å²) >= 11 is 6.00. The second-order valence-electron chi connectivity index (χ2n) is 6.15. The van der Waals surface area contributed by atoms with Crippen LogP contribution in [0.5, 0.6) is 5.75 Å². The maximum atomic E-state index is 6.00. The molecule has 2 aromatic rings. The average molecular weight is 375 g/mol. The number of ether oxygens (including phenoxy) is 1. The summed E-state index contributed by atoms with van der Waals surface area (Å²) in [5.41, 5.74) is 2.28. The van der Waals surface area contributed by atoms with E-state index in [0.29, 0.717) is 6.54 Å². The number of guanidine groups is 1. The molecule has 5 nitrogen and oxygen atoms in total. The van der Waals surface area contributed by atoms with E-state index in [1.54, 1.807) is 14.2 Å². The van der Waals surface area contributed by atoms with Gasteiger partial charge in [-0.05, 0) is 37.9 Å². The van der Waals surface area contributed by atoms with E-state index < -0.39 is 0 Å². The second-order valence-corrected chi connectivity index (χ2v) is 6.59. The number of hydrogen-bond donors (Lipinski definition) is 2. The highest BCUT2D eigenvalue weighted by atomic mass is 35.5. The van der Waals surface area contributed by atoms with Gasteiger partial charge in [-0.1, -0.05) is 41.9 Å². The molecule has 0 amide bonds. The van der Waals surface area contributed by atoms with Gasteiger partial charge in [0.1, 0.15) is 5.75 Å². The Morgan fingerprint density at radius 1 is 1.12 bits per heavy atom. The van der Waals surface area contributed by atoms with Crippen LogP contribution in [0.3, 0.4) is 0 Å². The first kappa shape index (κ1) is 20.1. The molecule has 0 aromatic heterocycles. The van der Waals surface area contributed by atoms with Gasteiger partial charge >= 0.3 is 0 Å². The molecule has 1 atom stereocenters. The van der Waals surface area contributed by atoms with Crippen molar-refractivity contribution in [3.63, 3.8) is 0 Å². The minimum Gasteiger partial charge on any atom is -0.496 e. The summed E-state index contributed by atoms with van der Waals surface area (Å²) in [7, 11) is 7.57. The Hall–Kier alpha value is -2.24. The topological polar surface area (TPSA) is 48.9 Å². The van der Waals surface area contributed by atoms with Crippen LogP contribution in [0.15, 0.2) is 53.5 Å². The fourth-order valence-corrected chi connectivity index (χ4v) is 2.85. The summed E-state index contributed by atoms with van der Waals surface area (Å²) in [5, 5.41) is 7.47. The number of nitrogens with one attached hydrogen (secondary N) is 2. The number of para-hydroxylation sites is 1. The lowest BCUT2D eigenvalue weighted by Crippen LogP contribution is -2.41. The Morgan fingerprint density at radius 2 is 1.81 bits per heavy atom. The van der Waals surface area contributed by atoms with Crippen molar-refractivity contribution in [2.75, 3.05) is 34.8 Å². The van der Waals surface area contributed by atoms with Crippen molar-refractivity contribution < 1.29 is 4.74 Å². The van der Waals surface area contributed by atoms with Crippen molar-refractivity contribution in [2.45, 2.75) is 12.6 Å². The molecule has 140 valence electrons. The fraction of sp³-hybridized carbons (Fsp3) is 0.350. The molecule has 0 aliphatic carbocycles. The van der Waals surface area contributed by atoms with Crippen molar-refractivity contribution in [2.24, 2.45) is 4.99 Å². The summed E-state index contributed by atoms with van der Waals surface area (Å²) in [5.74, 6) is 1.61. The molecule has 0 aliphatic rings. The van der Waals surface area contributed by atoms with Gasteiger partial charge in [0.2, 0.25) is 0 Å². The van der Waals surface area contributed by atoms with E-state index in [4.69, 9.17) is 16.3 Å². The Balaban J connectivity index is 1.97. The van der Waals surface area contributed by atoms with Gasteiger partial charge in [-0.15, -0.1) is 0 Å². The maximum absolute atomic E-state index is 6.00. The Bertz CT molecular complexity index is 716. The molecular weight excluding hydrogens is 348 g/mol. The maximum Gasteiger partial charge on any atom is 0.191 e. The summed E-state index contributed by atoms with van der Waals surface area (Å²) in [6.45, 7) is 1.36. The van der Waals surface area contributed by atoms with Crippen LogP contribution in [0, 0.1) is 0 Å². The lowest BCUT2D eigenvalue weighted by molar-refractivity contribution is 0.298. The third-order valence-electron chi connectivity index (χ3n) is 4.20. The van der Waals surface area contributed by atoms with E-state index in [1.165, 1.54) is 5.56 Å². The lowest BCUT2D eigenvalue weighted by Gasteiger charge is -2.26. The highest BCUT2D eigenvalue weighted by Crippen LogP contribution is 2.20. The van der Waals surface area contributed by atoms with Gasteiger partial charge in [0.25, 0.3) is 0 Å². The van der Waals surface area contributed by atoms with Gasteiger partial charge < -0.3 is 20.3 Å². The zero-order valence-electron chi connectivity index (χ0n) is 15.8. The van der Waals surface area contributed by atoms with Crippen LogP contribution in [0.4, 0.5) is 0 Å². The molecule has 0 spiro atoms. The molecule has 0 saturated heterocycles. The van der Waals surface area contributed by atoms with Gasteiger partial charge in [0.15, 0.2) is 5.96 Å². The quantitative estimate of drug-likeness (QED) is 0.576. The zero-order chi connectivity index (χ0) is 18.9. The fourth-order valence-electron chi connectivity index (χ4n) is 2.73. The Morgan fingerprint density at radius 3 is 2.42 bits per heavy atom. The van der Waals surface area contributed by atoms with Crippen LogP contribution in [0.2, 0.25) is 5.02 Å². The van der Waals surface area contributed by atoms with E-state index in [2.05, 4.69) is 46.8 Å². The van der Waals surface area contributed by atoms with Gasteiger partial charge in [-0.25, -0.2) is 0 Å². The molecule has 0 saturated carbocycles. The van der Waals surface area contributed by atoms with E-state index >= 15 is 0 Å². The first-order valence-corrected chi connectivity index (χ1v) is 8.91. The van der Waals surface area contributed by atoms with Crippen LogP contribution < -0.4 is 15.4 Å². The monoisotopic (exact) mass is 374 g/mol. The van der Waals surface area contributed by atoms with Crippen molar-refractivity contribution in [3.05, 3.63) is 64.7 Å². The number of aliphatic imine (C=N–C) groups is 1. The van der Waals surface area contributed by atoms with E-state index in [0.717, 1.165) is 28.8 Å². The second kappa shape index (κ2) is 10.0. The van der Waals surface area contributed by atoms with Gasteiger partial charge in [0.05, 0.1) is 13.2 Å². The summed E-state index contributed by atoms with van der Waals surface area (Å²) in [6, 6.07) is 16.1. The van der Waals surface area contributed by atoms with Crippen LogP contribution in [0.25, 0.3) is 0 Å². The first-order chi connectivity index (χ1) is 12.5. The molecule has 2 N–H and O–H groups in total. The molecular formula is C20H27ClN4O. The normalized spacial score (nSPS) is 12.8. The third-order valence-corrected chi connectivity index (χ3v) is 4.46. The highest BCUT2D eigenvalue weighted by molar-refractivity contribution is 6.30. The SMILES string of the molecule is CN=C(NCc1ccccc1OC)NCC(c1ccc(Cl)cc1)N(C)C. The van der Waals surface area contributed by atoms with Gasteiger partial charge in [-0.3, -0.25) is 4.99 Å². The zero-order valence-corrected chi connectivity index (χ0v) is 16.5. The molecule has 0 radical (unpaired) electrons. The summed E-state index contributed by atoms with van der Waals surface area (Å²) in [6.07, 6.45) is 0. The minimum atomic E-state index is 0.206. The molecule has 0 fully saturated rings. The Labute approximate surface area is 161 Å². The predicted molar refractivity (Wildman–Crippen MR) is 109 cm³/mol. The molecule has 0 aliphatic heterocycles. The molecule has 2 aromatic carbocycles. The third kappa shape index (κ3) is 5.64. The number of methoxy groups -OCH3 is 1. The Kier molecular flexibility index (Phi) is 7.75. The van der Waals surface area contributed by atoms with Crippen LogP contribution in [-0.4, -0.2) is 45.7 Å². The molecule has 2 rings (SSSR count). The predicted octanol–water partition coefficient (Wildman–Crippen LogP) is 3.32. The number of rotatable bonds is 7. The van der Waals surface area contributed by atoms with Gasteiger partial charge in [-0.2, -0.15) is 0 Å². The van der Waals surface area contributed by atoms with Crippen LogP contribution >= 0.6 is 11.6 Å². The van der Waals surface area contributed by atoms with E-state index in [-0.39, 0.29) is 6.04 Å². The minimum absolute atomic E-state index is 0.206. The van der Waals surface area contributed by atoms with Crippen LogP contribution in [-0.2, 0) is 6.54 Å². The summed E-state index contributed by atoms with van der Waals surface area (Å²) in [4.78, 5) is 6.48. The number of halogens is 1. The molecule has 0 bridgehead atoms. The van der Waals surface area contributed by atoms with Crippen molar-refractivity contribution >= 4 is 17.6 Å². The lowest BCUT2D eigenvalue weighted by atomic mass is 10.1. The van der Waals surface area contributed by atoms with Crippen LogP contribution in [0.1, 0.15) is 17.2 Å². The van der Waals surface area contributed by atoms with Crippen molar-refractivity contribution in [1.82, 2.24) is 15.5 Å². The summed E-state index contributed by atoms with van der Waals surface area (Å²) < 4.78 is 5.39.